The van der Waals surface area contributed by atoms with Gasteiger partial charge in [0.1, 0.15) is 6.33 Å². The van der Waals surface area contributed by atoms with Gasteiger partial charge in [-0.25, -0.2) is 13.1 Å². The summed E-state index contributed by atoms with van der Waals surface area (Å²) in [7, 11) is -3.36. The highest BCUT2D eigenvalue weighted by Crippen LogP contribution is 2.35. The molecular weight excluding hydrogens is 392 g/mol. The van der Waals surface area contributed by atoms with E-state index in [4.69, 9.17) is 0 Å². The zero-order valence-corrected chi connectivity index (χ0v) is 17.0. The third-order valence-electron chi connectivity index (χ3n) is 5.00. The molecule has 10 heteroatoms. The number of sulfonamides is 1. The van der Waals surface area contributed by atoms with Crippen LogP contribution in [-0.2, 0) is 16.4 Å². The van der Waals surface area contributed by atoms with Crippen LogP contribution in [0.2, 0.25) is 0 Å². The molecule has 0 bridgehead atoms. The van der Waals surface area contributed by atoms with E-state index >= 15 is 0 Å². The van der Waals surface area contributed by atoms with Crippen molar-refractivity contribution in [2.45, 2.75) is 26.3 Å². The Morgan fingerprint density at radius 3 is 2.69 bits per heavy atom. The van der Waals surface area contributed by atoms with Crippen LogP contribution in [0.5, 0.6) is 0 Å². The fraction of sp³-hybridized carbons (Fsp3) is 0.263. The molecule has 1 atom stereocenters. The fourth-order valence-electron chi connectivity index (χ4n) is 3.72. The van der Waals surface area contributed by atoms with Crippen molar-refractivity contribution in [2.24, 2.45) is 0 Å². The predicted molar refractivity (Wildman–Crippen MR) is 109 cm³/mol. The van der Waals surface area contributed by atoms with Crippen LogP contribution in [0.3, 0.4) is 0 Å². The van der Waals surface area contributed by atoms with Crippen molar-refractivity contribution in [1.29, 1.82) is 0 Å². The number of anilines is 2. The summed E-state index contributed by atoms with van der Waals surface area (Å²) in [5.74, 6) is -0.268. The molecule has 1 unspecified atom stereocenters. The lowest BCUT2D eigenvalue weighted by atomic mass is 10.1. The summed E-state index contributed by atoms with van der Waals surface area (Å²) in [6.07, 6.45) is 3.25. The van der Waals surface area contributed by atoms with Crippen LogP contribution in [0.4, 0.5) is 11.4 Å². The molecule has 0 radical (unpaired) electrons. The van der Waals surface area contributed by atoms with Gasteiger partial charge in [-0.15, -0.1) is 5.10 Å². The molecule has 1 amide bonds. The lowest BCUT2D eigenvalue weighted by molar-refractivity contribution is 0.102. The van der Waals surface area contributed by atoms with Crippen molar-refractivity contribution in [3.05, 3.63) is 59.4 Å². The van der Waals surface area contributed by atoms with E-state index in [1.165, 1.54) is 21.6 Å². The molecule has 1 aliphatic heterocycles. The highest BCUT2D eigenvalue weighted by molar-refractivity contribution is 7.92. The van der Waals surface area contributed by atoms with E-state index in [2.05, 4.69) is 20.8 Å². The minimum Gasteiger partial charge on any atom is -0.322 e. The van der Waals surface area contributed by atoms with Crippen LogP contribution in [0.15, 0.2) is 42.7 Å². The number of hydrogen-bond donors (Lipinski definition) is 1. The van der Waals surface area contributed by atoms with E-state index in [9.17, 15) is 13.2 Å². The van der Waals surface area contributed by atoms with Crippen LogP contribution in [0, 0.1) is 6.92 Å². The second kappa shape index (κ2) is 6.96. The lowest BCUT2D eigenvalue weighted by Gasteiger charge is -2.22. The quantitative estimate of drug-likeness (QED) is 0.701. The summed E-state index contributed by atoms with van der Waals surface area (Å²) < 4.78 is 27.1. The smallest absolute Gasteiger partial charge is 0.255 e. The number of nitrogens with zero attached hydrogens (tertiary/aromatic N) is 5. The van der Waals surface area contributed by atoms with Gasteiger partial charge in [0.05, 0.1) is 17.6 Å². The monoisotopic (exact) mass is 412 g/mol. The van der Waals surface area contributed by atoms with Crippen LogP contribution in [-0.4, -0.2) is 46.8 Å². The molecule has 0 aliphatic carbocycles. The van der Waals surface area contributed by atoms with E-state index in [1.807, 2.05) is 32.0 Å². The van der Waals surface area contributed by atoms with Gasteiger partial charge < -0.3 is 5.32 Å². The Kier molecular flexibility index (Phi) is 4.58. The minimum atomic E-state index is -3.36. The first-order chi connectivity index (χ1) is 13.8. The number of carbonyl (C=O) groups excluding carboxylic acids is 1. The predicted octanol–water partition coefficient (Wildman–Crippen LogP) is 1.93. The fourth-order valence-corrected chi connectivity index (χ4v) is 4.99. The molecule has 1 aliphatic rings. The van der Waals surface area contributed by atoms with E-state index in [0.717, 1.165) is 16.8 Å². The summed E-state index contributed by atoms with van der Waals surface area (Å²) in [6, 6.07) is 10.4. The summed E-state index contributed by atoms with van der Waals surface area (Å²) in [5.41, 5.74) is 4.18. The Labute approximate surface area is 168 Å². The van der Waals surface area contributed by atoms with Gasteiger partial charge in [0, 0.05) is 17.3 Å². The number of hydrogen-bond acceptors (Lipinski definition) is 6. The molecule has 0 saturated heterocycles. The van der Waals surface area contributed by atoms with Gasteiger partial charge in [-0.3, -0.25) is 9.10 Å². The van der Waals surface area contributed by atoms with Gasteiger partial charge >= 0.3 is 0 Å². The number of carbonyl (C=O) groups is 1. The van der Waals surface area contributed by atoms with Crippen molar-refractivity contribution in [3.8, 4) is 5.69 Å². The van der Waals surface area contributed by atoms with Crippen LogP contribution in [0.1, 0.15) is 28.4 Å². The molecule has 0 fully saturated rings. The standard InChI is InChI=1S/C19H20N6O3S/c1-12-9-15-10-14(7-8-18(15)25(12)29(3,27)28)19(26)21-16-5-4-6-17(13(16)2)24-11-20-22-23-24/h4-8,10-12H,9H2,1-3H3,(H,21,26). The maximum absolute atomic E-state index is 12.8. The highest BCUT2D eigenvalue weighted by Gasteiger charge is 2.32. The molecule has 150 valence electrons. The Hall–Kier alpha value is -3.27. The number of nitrogens with one attached hydrogen (secondary N) is 1. The number of tetrazole rings is 1. The minimum absolute atomic E-state index is 0.173. The van der Waals surface area contributed by atoms with E-state index < -0.39 is 10.0 Å². The van der Waals surface area contributed by atoms with E-state index in [1.54, 1.807) is 18.2 Å². The van der Waals surface area contributed by atoms with Crippen LogP contribution >= 0.6 is 0 Å². The Morgan fingerprint density at radius 2 is 2.00 bits per heavy atom. The Morgan fingerprint density at radius 1 is 1.21 bits per heavy atom. The second-order valence-electron chi connectivity index (χ2n) is 7.11. The van der Waals surface area contributed by atoms with E-state index in [0.29, 0.717) is 23.4 Å². The van der Waals surface area contributed by atoms with Crippen molar-refractivity contribution in [3.63, 3.8) is 0 Å². The molecule has 2 aromatic carbocycles. The first-order valence-corrected chi connectivity index (χ1v) is 10.9. The summed E-state index contributed by atoms with van der Waals surface area (Å²) >= 11 is 0. The highest BCUT2D eigenvalue weighted by atomic mass is 32.2. The van der Waals surface area contributed by atoms with Gasteiger partial charge in [0.2, 0.25) is 10.0 Å². The third-order valence-corrected chi connectivity index (χ3v) is 6.27. The summed E-state index contributed by atoms with van der Waals surface area (Å²) in [6.45, 7) is 3.73. The topological polar surface area (TPSA) is 110 Å². The maximum atomic E-state index is 12.8. The molecule has 9 nitrogen and oxygen atoms in total. The molecule has 1 aromatic heterocycles. The Balaban J connectivity index is 1.61. The number of rotatable bonds is 4. The molecule has 3 aromatic rings. The molecule has 29 heavy (non-hydrogen) atoms. The molecule has 2 heterocycles. The molecule has 4 rings (SSSR count). The van der Waals surface area contributed by atoms with Gasteiger partial charge in [-0.1, -0.05) is 6.07 Å². The number of aromatic nitrogens is 4. The average Bonchev–Trinajstić information content (AvgIpc) is 3.29. The van der Waals surface area contributed by atoms with Gasteiger partial charge in [0.15, 0.2) is 0 Å². The molecule has 0 spiro atoms. The SMILES string of the molecule is Cc1c(NC(=O)c2ccc3c(c2)CC(C)N3S(C)(=O)=O)cccc1-n1cnnn1. The molecule has 0 saturated carbocycles. The first-order valence-electron chi connectivity index (χ1n) is 9.02. The number of fused-ring (bicyclic) bond motifs is 1. The molecule has 1 N–H and O–H groups in total. The van der Waals surface area contributed by atoms with Gasteiger partial charge in [-0.05, 0) is 72.2 Å². The van der Waals surface area contributed by atoms with Crippen molar-refractivity contribution < 1.29 is 13.2 Å². The van der Waals surface area contributed by atoms with Gasteiger partial charge in [-0.2, -0.15) is 0 Å². The van der Waals surface area contributed by atoms with Crippen molar-refractivity contribution in [2.75, 3.05) is 15.9 Å². The maximum Gasteiger partial charge on any atom is 0.255 e. The van der Waals surface area contributed by atoms with Crippen LogP contribution in [0.25, 0.3) is 5.69 Å². The van der Waals surface area contributed by atoms with Crippen LogP contribution < -0.4 is 9.62 Å². The molecular formula is C19H20N6O3S. The van der Waals surface area contributed by atoms with Crippen molar-refractivity contribution in [1.82, 2.24) is 20.2 Å². The van der Waals surface area contributed by atoms with E-state index in [-0.39, 0.29) is 11.9 Å². The van der Waals surface area contributed by atoms with Gasteiger partial charge in [0.25, 0.3) is 5.91 Å². The van der Waals surface area contributed by atoms with Crippen molar-refractivity contribution >= 4 is 27.3 Å². The zero-order chi connectivity index (χ0) is 20.8. The second-order valence-corrected chi connectivity index (χ2v) is 8.97. The zero-order valence-electron chi connectivity index (χ0n) is 16.2. The third kappa shape index (κ3) is 3.46. The first kappa shape index (κ1) is 19.1. The largest absolute Gasteiger partial charge is 0.322 e. The summed E-state index contributed by atoms with van der Waals surface area (Å²) in [4.78, 5) is 12.8. The Bertz CT molecular complexity index is 1190. The number of benzene rings is 2. The lowest BCUT2D eigenvalue weighted by Crippen LogP contribution is -2.34. The number of amides is 1. The average molecular weight is 412 g/mol. The normalized spacial score (nSPS) is 16.0. The summed E-state index contributed by atoms with van der Waals surface area (Å²) in [5, 5.41) is 14.1.